The largest absolute Gasteiger partial charge is 0.393 e. The highest BCUT2D eigenvalue weighted by atomic mass is 16.3. The third-order valence-corrected chi connectivity index (χ3v) is 4.91. The topological polar surface area (TPSA) is 46.2 Å². The number of hydrogen-bond acceptors (Lipinski definition) is 2. The van der Waals surface area contributed by atoms with E-state index in [0.29, 0.717) is 6.54 Å². The average Bonchev–Trinajstić information content (AvgIpc) is 2.35. The summed E-state index contributed by atoms with van der Waals surface area (Å²) in [7, 11) is 0. The van der Waals surface area contributed by atoms with E-state index in [4.69, 9.17) is 5.73 Å². The van der Waals surface area contributed by atoms with Crippen LogP contribution in [0, 0.1) is 17.3 Å². The van der Waals surface area contributed by atoms with Gasteiger partial charge in [-0.05, 0) is 43.9 Å². The second-order valence-electron chi connectivity index (χ2n) is 6.31. The fraction of sp³-hybridized carbons (Fsp3) is 1.00. The summed E-state index contributed by atoms with van der Waals surface area (Å²) in [5.74, 6) is 1.62. The lowest BCUT2D eigenvalue weighted by atomic mass is 9.64. The molecule has 0 aliphatic heterocycles. The van der Waals surface area contributed by atoms with Gasteiger partial charge in [0.15, 0.2) is 0 Å². The first-order valence-electron chi connectivity index (χ1n) is 7.44. The Morgan fingerprint density at radius 1 is 1.29 bits per heavy atom. The van der Waals surface area contributed by atoms with Crippen LogP contribution >= 0.6 is 0 Å². The molecule has 0 bridgehead atoms. The first-order valence-corrected chi connectivity index (χ1v) is 7.44. The highest BCUT2D eigenvalue weighted by Crippen LogP contribution is 2.44. The summed E-state index contributed by atoms with van der Waals surface area (Å²) in [4.78, 5) is 0. The predicted molar refractivity (Wildman–Crippen MR) is 73.8 cm³/mol. The number of unbranched alkanes of at least 4 members (excludes halogenated alkanes) is 1. The minimum Gasteiger partial charge on any atom is -0.393 e. The minimum atomic E-state index is -0.180. The molecule has 0 aromatic carbocycles. The summed E-state index contributed by atoms with van der Waals surface area (Å²) in [6.45, 7) is 7.46. The Labute approximate surface area is 107 Å². The summed E-state index contributed by atoms with van der Waals surface area (Å²) in [6.07, 6.45) is 7.77. The van der Waals surface area contributed by atoms with E-state index in [2.05, 4.69) is 20.8 Å². The zero-order valence-electron chi connectivity index (χ0n) is 11.9. The van der Waals surface area contributed by atoms with Gasteiger partial charge < -0.3 is 10.8 Å². The molecule has 102 valence electrons. The molecule has 1 saturated carbocycles. The zero-order chi connectivity index (χ0) is 12.9. The monoisotopic (exact) mass is 241 g/mol. The van der Waals surface area contributed by atoms with Gasteiger partial charge in [-0.15, -0.1) is 0 Å². The van der Waals surface area contributed by atoms with Crippen molar-refractivity contribution in [3.63, 3.8) is 0 Å². The Balaban J connectivity index is 2.54. The highest BCUT2D eigenvalue weighted by Gasteiger charge is 2.40. The smallest absolute Gasteiger partial charge is 0.0608 e. The summed E-state index contributed by atoms with van der Waals surface area (Å²) >= 11 is 0. The minimum absolute atomic E-state index is 0.0283. The molecule has 1 aliphatic rings. The van der Waals surface area contributed by atoms with E-state index >= 15 is 0 Å². The van der Waals surface area contributed by atoms with Gasteiger partial charge in [0.2, 0.25) is 0 Å². The summed E-state index contributed by atoms with van der Waals surface area (Å²) in [5.41, 5.74) is 6.00. The van der Waals surface area contributed by atoms with E-state index < -0.39 is 0 Å². The van der Waals surface area contributed by atoms with Crippen molar-refractivity contribution in [2.45, 2.75) is 71.8 Å². The maximum absolute atomic E-state index is 10.4. The average molecular weight is 241 g/mol. The Morgan fingerprint density at radius 2 is 1.88 bits per heavy atom. The Kier molecular flexibility index (Phi) is 5.94. The van der Waals surface area contributed by atoms with Gasteiger partial charge in [0.05, 0.1) is 6.10 Å². The zero-order valence-corrected chi connectivity index (χ0v) is 11.9. The number of aliphatic hydroxyl groups is 1. The van der Waals surface area contributed by atoms with E-state index in [1.807, 2.05) is 0 Å². The Morgan fingerprint density at radius 3 is 2.29 bits per heavy atom. The molecule has 1 aliphatic carbocycles. The van der Waals surface area contributed by atoms with Crippen LogP contribution < -0.4 is 5.73 Å². The molecule has 0 amide bonds. The van der Waals surface area contributed by atoms with Crippen molar-refractivity contribution in [2.75, 3.05) is 6.54 Å². The van der Waals surface area contributed by atoms with Gasteiger partial charge in [0, 0.05) is 12.0 Å². The summed E-state index contributed by atoms with van der Waals surface area (Å²) in [6, 6.07) is 0. The number of hydrogen-bond donors (Lipinski definition) is 2. The van der Waals surface area contributed by atoms with Crippen LogP contribution in [0.5, 0.6) is 0 Å². The first-order chi connectivity index (χ1) is 8.05. The van der Waals surface area contributed by atoms with E-state index in [1.165, 1.54) is 12.8 Å². The maximum Gasteiger partial charge on any atom is 0.0608 e. The van der Waals surface area contributed by atoms with Crippen molar-refractivity contribution >= 4 is 0 Å². The molecule has 1 rings (SSSR count). The molecule has 0 aromatic heterocycles. The second-order valence-corrected chi connectivity index (χ2v) is 6.31. The van der Waals surface area contributed by atoms with E-state index in [9.17, 15) is 5.11 Å². The molecule has 17 heavy (non-hydrogen) atoms. The fourth-order valence-electron chi connectivity index (χ4n) is 3.26. The molecule has 0 spiro atoms. The van der Waals surface area contributed by atoms with Crippen LogP contribution in [0.3, 0.4) is 0 Å². The van der Waals surface area contributed by atoms with Crippen LogP contribution in [0.25, 0.3) is 0 Å². The lowest BCUT2D eigenvalue weighted by molar-refractivity contribution is -0.0186. The van der Waals surface area contributed by atoms with E-state index in [-0.39, 0.29) is 11.5 Å². The van der Waals surface area contributed by atoms with Crippen LogP contribution in [0.4, 0.5) is 0 Å². The van der Waals surface area contributed by atoms with Gasteiger partial charge in [0.1, 0.15) is 0 Å². The molecule has 1 unspecified atom stereocenters. The molecule has 2 nitrogen and oxygen atoms in total. The molecule has 3 N–H and O–H groups in total. The third-order valence-electron chi connectivity index (χ3n) is 4.91. The lowest BCUT2D eigenvalue weighted by Gasteiger charge is -2.44. The molecule has 0 saturated heterocycles. The van der Waals surface area contributed by atoms with Crippen molar-refractivity contribution in [1.29, 1.82) is 0 Å². The molecule has 0 radical (unpaired) electrons. The first kappa shape index (κ1) is 15.0. The molecule has 2 heteroatoms. The van der Waals surface area contributed by atoms with Crippen LogP contribution in [0.1, 0.15) is 65.7 Å². The maximum atomic E-state index is 10.4. The molecular formula is C15H31NO. The van der Waals surface area contributed by atoms with Gasteiger partial charge in [0.25, 0.3) is 0 Å². The normalized spacial score (nSPS) is 31.8. The van der Waals surface area contributed by atoms with Crippen LogP contribution in [0.2, 0.25) is 0 Å². The van der Waals surface area contributed by atoms with Crippen molar-refractivity contribution in [3.8, 4) is 0 Å². The Hall–Kier alpha value is -0.0800. The molecule has 1 atom stereocenters. The van der Waals surface area contributed by atoms with Crippen LogP contribution in [-0.2, 0) is 0 Å². The van der Waals surface area contributed by atoms with Gasteiger partial charge in [-0.2, -0.15) is 0 Å². The standard InChI is InChI=1S/C15H31NO/c1-4-5-6-14(17)15(11-16)9-7-13(8-10-15)12(2)3/h12-14,17H,4-11,16H2,1-3H3. The van der Waals surface area contributed by atoms with E-state index in [0.717, 1.165) is 43.9 Å². The predicted octanol–water partition coefficient (Wildman–Crippen LogP) is 3.33. The van der Waals surface area contributed by atoms with Gasteiger partial charge in [-0.3, -0.25) is 0 Å². The molecule has 0 aromatic rings. The third kappa shape index (κ3) is 3.69. The van der Waals surface area contributed by atoms with Gasteiger partial charge in [-0.1, -0.05) is 33.6 Å². The highest BCUT2D eigenvalue weighted by molar-refractivity contribution is 4.92. The number of rotatable bonds is 6. The van der Waals surface area contributed by atoms with E-state index in [1.54, 1.807) is 0 Å². The van der Waals surface area contributed by atoms with Gasteiger partial charge in [-0.25, -0.2) is 0 Å². The quantitative estimate of drug-likeness (QED) is 0.749. The van der Waals surface area contributed by atoms with Crippen LogP contribution in [-0.4, -0.2) is 17.8 Å². The van der Waals surface area contributed by atoms with Crippen molar-refractivity contribution in [3.05, 3.63) is 0 Å². The summed E-state index contributed by atoms with van der Waals surface area (Å²) < 4.78 is 0. The van der Waals surface area contributed by atoms with Crippen molar-refractivity contribution < 1.29 is 5.11 Å². The fourth-order valence-corrected chi connectivity index (χ4v) is 3.26. The van der Waals surface area contributed by atoms with Crippen molar-refractivity contribution in [1.82, 2.24) is 0 Å². The molecule has 1 fully saturated rings. The SMILES string of the molecule is CCCCC(O)C1(CN)CCC(C(C)C)CC1. The second kappa shape index (κ2) is 6.75. The Bertz CT molecular complexity index is 207. The number of aliphatic hydroxyl groups excluding tert-OH is 1. The lowest BCUT2D eigenvalue weighted by Crippen LogP contribution is -2.45. The van der Waals surface area contributed by atoms with Crippen molar-refractivity contribution in [2.24, 2.45) is 23.0 Å². The van der Waals surface area contributed by atoms with Gasteiger partial charge >= 0.3 is 0 Å². The summed E-state index contributed by atoms with van der Waals surface area (Å²) in [5, 5.41) is 10.4. The molecule has 0 heterocycles. The van der Waals surface area contributed by atoms with Crippen LogP contribution in [0.15, 0.2) is 0 Å². The number of nitrogens with two attached hydrogens (primary N) is 1. The molecular weight excluding hydrogens is 210 g/mol.